The molecule has 0 saturated heterocycles. The van der Waals surface area contributed by atoms with Crippen LogP contribution in [0.5, 0.6) is 0 Å². The number of fused-ring (bicyclic) bond motifs is 1. The maximum Gasteiger partial charge on any atom is 0.341 e. The molecule has 202 valence electrons. The number of hydrogen-bond donors (Lipinski definition) is 4. The van der Waals surface area contributed by atoms with Crippen molar-refractivity contribution in [1.82, 2.24) is 9.88 Å². The van der Waals surface area contributed by atoms with E-state index in [4.69, 9.17) is 5.73 Å². The van der Waals surface area contributed by atoms with Crippen LogP contribution in [0.1, 0.15) is 87.2 Å². The van der Waals surface area contributed by atoms with Gasteiger partial charge in [-0.25, -0.2) is 9.18 Å². The van der Waals surface area contributed by atoms with Crippen LogP contribution < -0.4 is 21.8 Å². The van der Waals surface area contributed by atoms with E-state index < -0.39 is 22.8 Å². The number of anilines is 2. The normalized spacial score (nSPS) is 24.4. The number of benzene rings is 2. The summed E-state index contributed by atoms with van der Waals surface area (Å²) in [4.78, 5) is 24.6. The van der Waals surface area contributed by atoms with E-state index in [1.165, 1.54) is 11.8 Å². The number of nitrogens with two attached hydrogens (primary N) is 1. The van der Waals surface area contributed by atoms with E-state index in [9.17, 15) is 14.7 Å². The first-order chi connectivity index (χ1) is 18.1. The zero-order chi connectivity index (χ0) is 27.2. The van der Waals surface area contributed by atoms with Crippen molar-refractivity contribution in [3.05, 3.63) is 69.8 Å². The van der Waals surface area contributed by atoms with Crippen molar-refractivity contribution in [2.75, 3.05) is 11.1 Å². The minimum absolute atomic E-state index is 0.0851. The number of aromatic nitrogens is 1. The number of nitrogens with one attached hydrogen (secondary N) is 2. The molecule has 2 aliphatic rings. The van der Waals surface area contributed by atoms with Gasteiger partial charge in [0.25, 0.3) is 0 Å². The van der Waals surface area contributed by atoms with Crippen LogP contribution >= 0.6 is 0 Å². The van der Waals surface area contributed by atoms with Crippen LogP contribution in [0.25, 0.3) is 10.9 Å². The molecule has 2 aliphatic carbocycles. The zero-order valence-electron chi connectivity index (χ0n) is 22.3. The van der Waals surface area contributed by atoms with Gasteiger partial charge in [-0.05, 0) is 51.2 Å². The lowest BCUT2D eigenvalue weighted by atomic mass is 9.69. The maximum absolute atomic E-state index is 15.6. The summed E-state index contributed by atoms with van der Waals surface area (Å²) in [6.45, 7) is 5.91. The molecule has 0 aliphatic heterocycles. The van der Waals surface area contributed by atoms with Crippen molar-refractivity contribution in [2.45, 2.75) is 88.9 Å². The molecule has 1 heterocycles. The van der Waals surface area contributed by atoms with Gasteiger partial charge in [0.1, 0.15) is 5.56 Å². The quantitative estimate of drug-likeness (QED) is 0.257. The number of rotatable bonds is 10. The molecule has 8 heteroatoms. The summed E-state index contributed by atoms with van der Waals surface area (Å²) in [7, 11) is 0. The van der Waals surface area contributed by atoms with E-state index in [0.717, 1.165) is 38.5 Å². The van der Waals surface area contributed by atoms with Crippen molar-refractivity contribution in [1.29, 1.82) is 0 Å². The molecule has 0 spiro atoms. The second-order valence-corrected chi connectivity index (χ2v) is 11.4. The fraction of sp³-hybridized carbons (Fsp3) is 0.467. The third-order valence-electron chi connectivity index (χ3n) is 8.24. The van der Waals surface area contributed by atoms with Crippen LogP contribution in [0, 0.1) is 5.82 Å². The van der Waals surface area contributed by atoms with Crippen LogP contribution in [0.2, 0.25) is 0 Å². The van der Waals surface area contributed by atoms with Gasteiger partial charge in [-0.2, -0.15) is 0 Å². The monoisotopic (exact) mass is 520 g/mol. The molecule has 5 N–H and O–H groups in total. The molecule has 5 rings (SSSR count). The Kier molecular flexibility index (Phi) is 6.94. The Balaban J connectivity index is 1.41. The SMILES string of the molecule is CCCC[C@]1(Nc2cc3c(c(N)c2F)c(=O)c(C(=O)O)cn3C(C)C)C[C@H](N[C@@H]2C[C@H]2c2ccccc2)C1. The lowest BCUT2D eigenvalue weighted by Gasteiger charge is -2.50. The lowest BCUT2D eigenvalue weighted by Crippen LogP contribution is -2.58. The van der Waals surface area contributed by atoms with Gasteiger partial charge in [0.05, 0.1) is 22.3 Å². The summed E-state index contributed by atoms with van der Waals surface area (Å²) in [6, 6.07) is 12.9. The molecule has 1 aromatic heterocycles. The summed E-state index contributed by atoms with van der Waals surface area (Å²) in [5, 5.41) is 16.7. The molecule has 0 unspecified atom stereocenters. The van der Waals surface area contributed by atoms with Gasteiger partial charge in [-0.1, -0.05) is 50.1 Å². The van der Waals surface area contributed by atoms with Crippen LogP contribution in [0.15, 0.2) is 47.4 Å². The minimum Gasteiger partial charge on any atom is -0.477 e. The van der Waals surface area contributed by atoms with E-state index in [-0.39, 0.29) is 28.3 Å². The highest BCUT2D eigenvalue weighted by molar-refractivity contribution is 5.99. The fourth-order valence-corrected chi connectivity index (χ4v) is 6.10. The van der Waals surface area contributed by atoms with Crippen molar-refractivity contribution in [3.8, 4) is 0 Å². The van der Waals surface area contributed by atoms with Gasteiger partial charge in [0.15, 0.2) is 5.82 Å². The molecular weight excluding hydrogens is 483 g/mol. The van der Waals surface area contributed by atoms with E-state index >= 15 is 4.39 Å². The average Bonchev–Trinajstić information content (AvgIpc) is 3.64. The standard InChI is InChI=1S/C30H37FN4O3/c1-4-5-11-30(14-19(15-30)33-22-12-20(22)18-9-7-6-8-10-18)34-23-13-24-25(27(32)26(23)31)28(36)21(29(37)38)16-35(24)17(2)3/h6-10,13,16-17,19-20,22,33-34H,4-5,11-12,14-15,32H2,1-3H3,(H,37,38)/t19-,20-,22+,30-/m0/s1. The first kappa shape index (κ1) is 26.2. The van der Waals surface area contributed by atoms with Crippen molar-refractivity contribution in [2.24, 2.45) is 0 Å². The van der Waals surface area contributed by atoms with E-state index in [1.54, 1.807) is 10.6 Å². The molecule has 3 aromatic rings. The first-order valence-electron chi connectivity index (χ1n) is 13.6. The van der Waals surface area contributed by atoms with Gasteiger partial charge >= 0.3 is 5.97 Å². The summed E-state index contributed by atoms with van der Waals surface area (Å²) in [6.07, 6.45) is 7.16. The predicted molar refractivity (Wildman–Crippen MR) is 150 cm³/mol. The maximum atomic E-state index is 15.6. The van der Waals surface area contributed by atoms with E-state index in [2.05, 4.69) is 41.8 Å². The number of unbranched alkanes of at least 4 members (excludes halogenated alkanes) is 1. The molecule has 38 heavy (non-hydrogen) atoms. The van der Waals surface area contributed by atoms with E-state index in [1.807, 2.05) is 19.9 Å². The number of pyridine rings is 1. The molecular formula is C30H37FN4O3. The van der Waals surface area contributed by atoms with Gasteiger partial charge in [0, 0.05) is 35.8 Å². The predicted octanol–water partition coefficient (Wildman–Crippen LogP) is 5.65. The Morgan fingerprint density at radius 3 is 2.61 bits per heavy atom. The van der Waals surface area contributed by atoms with Gasteiger partial charge in [-0.3, -0.25) is 4.79 Å². The number of halogens is 1. The third-order valence-corrected chi connectivity index (χ3v) is 8.24. The Morgan fingerprint density at radius 1 is 1.26 bits per heavy atom. The van der Waals surface area contributed by atoms with Gasteiger partial charge in [-0.15, -0.1) is 0 Å². The summed E-state index contributed by atoms with van der Waals surface area (Å²) >= 11 is 0. The highest BCUT2D eigenvalue weighted by Gasteiger charge is 2.48. The summed E-state index contributed by atoms with van der Waals surface area (Å²) in [5.41, 5.74) is 6.48. The van der Waals surface area contributed by atoms with E-state index in [0.29, 0.717) is 23.5 Å². The Hall–Kier alpha value is -3.39. The largest absolute Gasteiger partial charge is 0.477 e. The lowest BCUT2D eigenvalue weighted by molar-refractivity contribution is 0.0694. The highest BCUT2D eigenvalue weighted by Crippen LogP contribution is 2.46. The number of carboxylic acids is 1. The highest BCUT2D eigenvalue weighted by atomic mass is 19.1. The molecule has 2 aromatic carbocycles. The van der Waals surface area contributed by atoms with Gasteiger partial charge < -0.3 is 26.0 Å². The number of nitrogen functional groups attached to an aromatic ring is 1. The van der Waals surface area contributed by atoms with Crippen LogP contribution in [0.4, 0.5) is 15.8 Å². The molecule has 0 amide bonds. The van der Waals surface area contributed by atoms with Crippen molar-refractivity contribution < 1.29 is 14.3 Å². The number of carboxylic acid groups (broad SMARTS) is 1. The Bertz CT molecular complexity index is 1410. The first-order valence-corrected chi connectivity index (χ1v) is 13.6. The fourth-order valence-electron chi connectivity index (χ4n) is 6.10. The van der Waals surface area contributed by atoms with Crippen molar-refractivity contribution in [3.63, 3.8) is 0 Å². The Morgan fingerprint density at radius 2 is 1.97 bits per heavy atom. The molecule has 2 fully saturated rings. The van der Waals surface area contributed by atoms with Gasteiger partial charge in [0.2, 0.25) is 5.43 Å². The molecule has 0 radical (unpaired) electrons. The smallest absolute Gasteiger partial charge is 0.341 e. The second kappa shape index (κ2) is 10.1. The van der Waals surface area contributed by atoms with Crippen LogP contribution in [-0.2, 0) is 0 Å². The molecule has 7 nitrogen and oxygen atoms in total. The van der Waals surface area contributed by atoms with Crippen LogP contribution in [0.3, 0.4) is 0 Å². The number of nitrogens with zero attached hydrogens (tertiary/aromatic N) is 1. The zero-order valence-corrected chi connectivity index (χ0v) is 22.3. The number of aromatic carboxylic acids is 1. The average molecular weight is 521 g/mol. The third kappa shape index (κ3) is 4.77. The topological polar surface area (TPSA) is 109 Å². The minimum atomic E-state index is -1.36. The molecule has 0 bridgehead atoms. The Labute approximate surface area is 222 Å². The summed E-state index contributed by atoms with van der Waals surface area (Å²) < 4.78 is 17.3. The van der Waals surface area contributed by atoms with Crippen molar-refractivity contribution >= 4 is 28.2 Å². The second-order valence-electron chi connectivity index (χ2n) is 11.4. The van der Waals surface area contributed by atoms with Crippen LogP contribution in [-0.4, -0.2) is 33.3 Å². The summed E-state index contributed by atoms with van der Waals surface area (Å²) in [5.74, 6) is -1.51. The molecule has 2 atom stereocenters. The number of carbonyl (C=O) groups is 1. The number of hydrogen-bond acceptors (Lipinski definition) is 5. The molecule has 2 saturated carbocycles.